The Morgan fingerprint density at radius 2 is 1.64 bits per heavy atom. The number of nitrogens with one attached hydrogen (secondary N) is 2. The molecule has 28 heavy (non-hydrogen) atoms. The average molecular weight is 414 g/mol. The Balaban J connectivity index is 2.19. The summed E-state index contributed by atoms with van der Waals surface area (Å²) in [6.45, 7) is 12.0. The van der Waals surface area contributed by atoms with Gasteiger partial charge in [0.15, 0.2) is 0 Å². The lowest BCUT2D eigenvalue weighted by atomic mass is 9.92. The summed E-state index contributed by atoms with van der Waals surface area (Å²) in [5, 5.41) is 2.10. The van der Waals surface area contributed by atoms with Crippen molar-refractivity contribution < 1.29 is 17.6 Å². The van der Waals surface area contributed by atoms with Crippen molar-refractivity contribution in [2.75, 3.05) is 25.0 Å². The van der Waals surface area contributed by atoms with E-state index in [2.05, 4.69) is 14.9 Å². The highest BCUT2D eigenvalue weighted by atomic mass is 32.2. The molecule has 0 bridgehead atoms. The summed E-state index contributed by atoms with van der Waals surface area (Å²) in [6.07, 6.45) is 1.00. The molecule has 0 radical (unpaired) electrons. The molecule has 0 aromatic heterocycles. The van der Waals surface area contributed by atoms with Gasteiger partial charge in [-0.15, -0.1) is 0 Å². The molecule has 1 aromatic carbocycles. The van der Waals surface area contributed by atoms with Gasteiger partial charge in [0.2, 0.25) is 10.0 Å². The molecule has 6 nitrogen and oxygen atoms in total. The smallest absolute Gasteiger partial charge is 0.307 e. The monoisotopic (exact) mass is 413 g/mol. The lowest BCUT2D eigenvalue weighted by Crippen LogP contribution is -2.46. The van der Waals surface area contributed by atoms with Gasteiger partial charge in [0.05, 0.1) is 5.25 Å². The second-order valence-electron chi connectivity index (χ2n) is 8.00. The summed E-state index contributed by atoms with van der Waals surface area (Å²) in [7, 11) is -3.77. The molecule has 2 N–H and O–H groups in total. The van der Waals surface area contributed by atoms with Crippen LogP contribution in [0.3, 0.4) is 0 Å². The standard InChI is InChI=1S/C20H32FN3O3S/c1-6-24-9-7-16(8-10-24)28(26,27)23-20(25)22-19-17(13(2)3)11-15(21)12-18(19)14(4)5/h11-14,16H,6-10H2,1-5H3,(H2,22,23,25). The second kappa shape index (κ2) is 9.22. The van der Waals surface area contributed by atoms with Gasteiger partial charge in [0.1, 0.15) is 5.82 Å². The van der Waals surface area contributed by atoms with Gasteiger partial charge in [0, 0.05) is 5.69 Å². The molecule has 1 aliphatic rings. The first-order valence-corrected chi connectivity index (χ1v) is 11.5. The van der Waals surface area contributed by atoms with Gasteiger partial charge in [0.25, 0.3) is 0 Å². The first kappa shape index (κ1) is 22.6. The zero-order valence-electron chi connectivity index (χ0n) is 17.4. The van der Waals surface area contributed by atoms with Crippen molar-refractivity contribution in [1.29, 1.82) is 0 Å². The number of halogens is 1. The number of carbonyl (C=O) groups is 1. The summed E-state index contributed by atoms with van der Waals surface area (Å²) >= 11 is 0. The number of carbonyl (C=O) groups excluding carboxylic acids is 1. The summed E-state index contributed by atoms with van der Waals surface area (Å²) in [5.74, 6) is -0.425. The van der Waals surface area contributed by atoms with Crippen molar-refractivity contribution >= 4 is 21.7 Å². The van der Waals surface area contributed by atoms with E-state index < -0.39 is 21.3 Å². The van der Waals surface area contributed by atoms with Crippen LogP contribution in [0.2, 0.25) is 0 Å². The van der Waals surface area contributed by atoms with Crippen molar-refractivity contribution in [3.05, 3.63) is 29.1 Å². The van der Waals surface area contributed by atoms with Crippen LogP contribution < -0.4 is 10.0 Å². The number of urea groups is 1. The highest BCUT2D eigenvalue weighted by molar-refractivity contribution is 7.90. The Labute approximate surface area is 167 Å². The van der Waals surface area contributed by atoms with Gasteiger partial charge in [-0.3, -0.25) is 0 Å². The van der Waals surface area contributed by atoms with Crippen LogP contribution in [0.15, 0.2) is 12.1 Å². The quantitative estimate of drug-likeness (QED) is 0.739. The lowest BCUT2D eigenvalue weighted by Gasteiger charge is -2.30. The van der Waals surface area contributed by atoms with Gasteiger partial charge >= 0.3 is 6.03 Å². The molecule has 1 heterocycles. The molecule has 1 fully saturated rings. The van der Waals surface area contributed by atoms with E-state index in [0.29, 0.717) is 42.7 Å². The number of nitrogens with zero attached hydrogens (tertiary/aromatic N) is 1. The van der Waals surface area contributed by atoms with E-state index >= 15 is 0 Å². The number of piperidine rings is 1. The predicted molar refractivity (Wildman–Crippen MR) is 111 cm³/mol. The van der Waals surface area contributed by atoms with Crippen molar-refractivity contribution in [1.82, 2.24) is 9.62 Å². The largest absolute Gasteiger partial charge is 0.332 e. The number of hydrogen-bond acceptors (Lipinski definition) is 4. The molecule has 0 aliphatic carbocycles. The van der Waals surface area contributed by atoms with Gasteiger partial charge in [-0.1, -0.05) is 34.6 Å². The van der Waals surface area contributed by atoms with Crippen LogP contribution in [0, 0.1) is 5.82 Å². The van der Waals surface area contributed by atoms with Crippen LogP contribution in [0.25, 0.3) is 0 Å². The Morgan fingerprint density at radius 1 is 1.14 bits per heavy atom. The molecular weight excluding hydrogens is 381 g/mol. The Kier molecular flexibility index (Phi) is 7.45. The molecule has 2 rings (SSSR count). The third-order valence-corrected chi connectivity index (χ3v) is 7.12. The van der Waals surface area contributed by atoms with E-state index in [9.17, 15) is 17.6 Å². The van der Waals surface area contributed by atoms with Gasteiger partial charge in [-0.25, -0.2) is 22.3 Å². The highest BCUT2D eigenvalue weighted by Crippen LogP contribution is 2.33. The molecule has 158 valence electrons. The summed E-state index contributed by atoms with van der Waals surface area (Å²) in [6, 6.07) is 1.98. The van der Waals surface area contributed by atoms with Gasteiger partial charge in [-0.05, 0) is 67.6 Å². The van der Waals surface area contributed by atoms with Crippen LogP contribution in [0.1, 0.15) is 70.4 Å². The average Bonchev–Trinajstić information content (AvgIpc) is 2.62. The third kappa shape index (κ3) is 5.44. The summed E-state index contributed by atoms with van der Waals surface area (Å²) in [5.41, 5.74) is 1.78. The van der Waals surface area contributed by atoms with Crippen LogP contribution in [0.4, 0.5) is 14.9 Å². The topological polar surface area (TPSA) is 78.5 Å². The van der Waals surface area contributed by atoms with E-state index in [1.54, 1.807) is 0 Å². The van der Waals surface area contributed by atoms with Crippen molar-refractivity contribution in [3.8, 4) is 0 Å². The number of benzene rings is 1. The summed E-state index contributed by atoms with van der Waals surface area (Å²) < 4.78 is 41.4. The van der Waals surface area contributed by atoms with Crippen LogP contribution in [0.5, 0.6) is 0 Å². The third-order valence-electron chi connectivity index (χ3n) is 5.30. The van der Waals surface area contributed by atoms with Crippen LogP contribution in [-0.2, 0) is 10.0 Å². The molecule has 0 unspecified atom stereocenters. The second-order valence-corrected chi connectivity index (χ2v) is 9.96. The minimum Gasteiger partial charge on any atom is -0.307 e. The number of amides is 2. The zero-order chi connectivity index (χ0) is 21.1. The maximum Gasteiger partial charge on any atom is 0.332 e. The predicted octanol–water partition coefficient (Wildman–Crippen LogP) is 4.01. The maximum absolute atomic E-state index is 14.0. The highest BCUT2D eigenvalue weighted by Gasteiger charge is 2.31. The fourth-order valence-corrected chi connectivity index (χ4v) is 4.90. The minimum atomic E-state index is -3.77. The Bertz CT molecular complexity index is 772. The van der Waals surface area contributed by atoms with Crippen LogP contribution in [-0.4, -0.2) is 44.2 Å². The molecule has 1 aromatic rings. The lowest BCUT2D eigenvalue weighted by molar-refractivity contribution is 0.240. The summed E-state index contributed by atoms with van der Waals surface area (Å²) in [4.78, 5) is 14.7. The molecule has 0 spiro atoms. The van der Waals surface area contributed by atoms with Gasteiger partial charge < -0.3 is 10.2 Å². The Hall–Kier alpha value is -1.67. The number of sulfonamides is 1. The number of anilines is 1. The van der Waals surface area contributed by atoms with E-state index in [1.165, 1.54) is 12.1 Å². The first-order chi connectivity index (χ1) is 13.0. The molecular formula is C20H32FN3O3S. The molecule has 8 heteroatoms. The fourth-order valence-electron chi connectivity index (χ4n) is 3.59. The van der Waals surface area contributed by atoms with Crippen molar-refractivity contribution in [2.24, 2.45) is 0 Å². The van der Waals surface area contributed by atoms with Gasteiger partial charge in [-0.2, -0.15) is 0 Å². The number of likely N-dealkylation sites (tertiary alicyclic amines) is 1. The molecule has 1 saturated heterocycles. The van der Waals surface area contributed by atoms with Crippen molar-refractivity contribution in [2.45, 2.75) is 64.5 Å². The van der Waals surface area contributed by atoms with E-state index in [-0.39, 0.29) is 17.7 Å². The fraction of sp³-hybridized carbons (Fsp3) is 0.650. The normalized spacial score (nSPS) is 16.6. The van der Waals surface area contributed by atoms with E-state index in [4.69, 9.17) is 0 Å². The van der Waals surface area contributed by atoms with E-state index in [1.807, 2.05) is 34.6 Å². The molecule has 0 atom stereocenters. The molecule has 2 amide bonds. The SMILES string of the molecule is CCN1CCC(S(=O)(=O)NC(=O)Nc2c(C(C)C)cc(F)cc2C(C)C)CC1. The zero-order valence-corrected chi connectivity index (χ0v) is 18.2. The first-order valence-electron chi connectivity index (χ1n) is 9.93. The minimum absolute atomic E-state index is 0.0292. The van der Waals surface area contributed by atoms with Crippen molar-refractivity contribution in [3.63, 3.8) is 0 Å². The number of rotatable bonds is 6. The molecule has 0 saturated carbocycles. The molecule has 1 aliphatic heterocycles. The van der Waals surface area contributed by atoms with Crippen LogP contribution >= 0.6 is 0 Å². The maximum atomic E-state index is 14.0. The number of hydrogen-bond donors (Lipinski definition) is 2. The Morgan fingerprint density at radius 3 is 2.07 bits per heavy atom. The van der Waals surface area contributed by atoms with E-state index in [0.717, 1.165) is 6.54 Å².